The predicted octanol–water partition coefficient (Wildman–Crippen LogP) is 6.22. The molecule has 7 nitrogen and oxygen atoms in total. The lowest BCUT2D eigenvalue weighted by molar-refractivity contribution is -0.140. The molecule has 2 atom stereocenters. The summed E-state index contributed by atoms with van der Waals surface area (Å²) in [4.78, 5) is 28.9. The lowest BCUT2D eigenvalue weighted by atomic mass is 10.1. The molecule has 0 spiro atoms. The van der Waals surface area contributed by atoms with E-state index in [1.54, 1.807) is 67.6 Å². The molecule has 2 amide bonds. The largest absolute Gasteiger partial charge is 0.352 e. The van der Waals surface area contributed by atoms with Crippen molar-refractivity contribution in [2.24, 2.45) is 0 Å². The third-order valence-corrected chi connectivity index (χ3v) is 9.23. The smallest absolute Gasteiger partial charge is 0.264 e. The average Bonchev–Trinajstić information content (AvgIpc) is 2.94. The van der Waals surface area contributed by atoms with Gasteiger partial charge in [0.05, 0.1) is 20.6 Å². The summed E-state index contributed by atoms with van der Waals surface area (Å²) in [6.07, 6.45) is 1.05. The van der Waals surface area contributed by atoms with Gasteiger partial charge in [-0.1, -0.05) is 79.5 Å². The Morgan fingerprint density at radius 1 is 0.900 bits per heavy atom. The van der Waals surface area contributed by atoms with Crippen molar-refractivity contribution in [2.75, 3.05) is 10.8 Å². The third kappa shape index (κ3) is 7.56. The Kier molecular flexibility index (Phi) is 11.0. The Morgan fingerprint density at radius 3 is 2.15 bits per heavy atom. The molecule has 10 heteroatoms. The van der Waals surface area contributed by atoms with E-state index in [0.717, 1.165) is 10.7 Å². The van der Waals surface area contributed by atoms with Crippen LogP contribution in [0.3, 0.4) is 0 Å². The van der Waals surface area contributed by atoms with Crippen LogP contribution in [0.5, 0.6) is 0 Å². The third-order valence-electron chi connectivity index (χ3n) is 6.72. The number of carbonyl (C=O) groups is 2. The zero-order valence-corrected chi connectivity index (χ0v) is 25.4. The number of amides is 2. The maximum atomic E-state index is 14.1. The van der Waals surface area contributed by atoms with Gasteiger partial charge in [0.2, 0.25) is 11.8 Å². The standard InChI is InChI=1S/C30H35Cl2N3O4S/c1-5-22(4)33-30(37)27(6-2)34(19-23-16-17-25(31)26(32)18-23)29(36)20-35(28-15-11-10-12-21(28)3)40(38,39)24-13-8-7-9-14-24/h7-18,22,27H,5-6,19-20H2,1-4H3,(H,33,37)/t22-,27-/m0/s1. The summed E-state index contributed by atoms with van der Waals surface area (Å²) in [6.45, 7) is 6.98. The summed E-state index contributed by atoms with van der Waals surface area (Å²) in [7, 11) is -4.12. The first-order chi connectivity index (χ1) is 19.0. The highest BCUT2D eigenvalue weighted by atomic mass is 35.5. The van der Waals surface area contributed by atoms with Crippen LogP contribution < -0.4 is 9.62 Å². The first-order valence-electron chi connectivity index (χ1n) is 13.2. The summed E-state index contributed by atoms with van der Waals surface area (Å²) in [5.74, 6) is -0.835. The quantitative estimate of drug-likeness (QED) is 0.266. The lowest BCUT2D eigenvalue weighted by Gasteiger charge is -2.34. The molecule has 0 aliphatic carbocycles. The molecule has 0 aliphatic heterocycles. The van der Waals surface area contributed by atoms with E-state index in [-0.39, 0.29) is 23.4 Å². The number of benzene rings is 3. The second-order valence-corrected chi connectivity index (χ2v) is 12.3. The summed E-state index contributed by atoms with van der Waals surface area (Å²) in [5.41, 5.74) is 1.73. The number of nitrogens with zero attached hydrogens (tertiary/aromatic N) is 2. The van der Waals surface area contributed by atoms with E-state index in [9.17, 15) is 18.0 Å². The van der Waals surface area contributed by atoms with E-state index >= 15 is 0 Å². The minimum atomic E-state index is -4.12. The Balaban J connectivity index is 2.07. The normalized spacial score (nSPS) is 12.8. The number of halogens is 2. The fourth-order valence-corrected chi connectivity index (χ4v) is 6.09. The molecule has 3 aromatic carbocycles. The molecular formula is C30H35Cl2N3O4S. The maximum absolute atomic E-state index is 14.1. The lowest BCUT2D eigenvalue weighted by Crippen LogP contribution is -2.53. The first-order valence-corrected chi connectivity index (χ1v) is 15.4. The fourth-order valence-electron chi connectivity index (χ4n) is 4.27. The van der Waals surface area contributed by atoms with E-state index < -0.39 is 28.5 Å². The minimum Gasteiger partial charge on any atom is -0.352 e. The van der Waals surface area contributed by atoms with E-state index in [1.807, 2.05) is 20.8 Å². The van der Waals surface area contributed by atoms with Crippen molar-refractivity contribution in [2.45, 2.75) is 64.1 Å². The highest BCUT2D eigenvalue weighted by Gasteiger charge is 2.34. The van der Waals surface area contributed by atoms with E-state index in [1.165, 1.54) is 17.0 Å². The van der Waals surface area contributed by atoms with Crippen LogP contribution in [0.4, 0.5) is 5.69 Å². The van der Waals surface area contributed by atoms with Gasteiger partial charge in [-0.2, -0.15) is 0 Å². The first kappa shape index (κ1) is 31.5. The van der Waals surface area contributed by atoms with Crippen LogP contribution in [0.1, 0.15) is 44.7 Å². The molecule has 0 saturated heterocycles. The monoisotopic (exact) mass is 603 g/mol. The molecule has 0 unspecified atom stereocenters. The molecule has 0 aliphatic rings. The molecule has 3 rings (SSSR count). The SMILES string of the molecule is CC[C@H](C)NC(=O)[C@H](CC)N(Cc1ccc(Cl)c(Cl)c1)C(=O)CN(c1ccccc1C)S(=O)(=O)c1ccccc1. The van der Waals surface area contributed by atoms with E-state index in [4.69, 9.17) is 23.2 Å². The molecule has 3 aromatic rings. The van der Waals surface area contributed by atoms with Gasteiger partial charge < -0.3 is 10.2 Å². The number of carbonyl (C=O) groups excluding carboxylic acids is 2. The summed E-state index contributed by atoms with van der Waals surface area (Å²) in [5, 5.41) is 3.64. The second kappa shape index (κ2) is 14.0. The molecule has 0 aromatic heterocycles. The number of rotatable bonds is 12. The zero-order chi connectivity index (χ0) is 29.4. The van der Waals surface area contributed by atoms with Gasteiger partial charge >= 0.3 is 0 Å². The minimum absolute atomic E-state index is 0.0369. The molecular weight excluding hydrogens is 569 g/mol. The average molecular weight is 605 g/mol. The molecule has 0 fully saturated rings. The van der Waals surface area contributed by atoms with Gasteiger partial charge in [-0.3, -0.25) is 13.9 Å². The molecule has 214 valence electrons. The van der Waals surface area contributed by atoms with E-state index in [2.05, 4.69) is 5.32 Å². The van der Waals surface area contributed by atoms with Gasteiger partial charge in [0.1, 0.15) is 12.6 Å². The van der Waals surface area contributed by atoms with Gasteiger partial charge in [0.25, 0.3) is 10.0 Å². The summed E-state index contributed by atoms with van der Waals surface area (Å²) >= 11 is 12.4. The Hall–Kier alpha value is -3.07. The number of hydrogen-bond acceptors (Lipinski definition) is 4. The maximum Gasteiger partial charge on any atom is 0.264 e. The van der Waals surface area contributed by atoms with Crippen molar-refractivity contribution in [1.29, 1.82) is 0 Å². The van der Waals surface area contributed by atoms with Crippen LogP contribution in [0.2, 0.25) is 10.0 Å². The molecule has 0 saturated carbocycles. The van der Waals surface area contributed by atoms with Crippen LogP contribution >= 0.6 is 23.2 Å². The van der Waals surface area contributed by atoms with Gasteiger partial charge in [0.15, 0.2) is 0 Å². The highest BCUT2D eigenvalue weighted by Crippen LogP contribution is 2.28. The number of para-hydroxylation sites is 1. The van der Waals surface area contributed by atoms with Crippen LogP contribution in [0.15, 0.2) is 77.7 Å². The number of aryl methyl sites for hydroxylation is 1. The van der Waals surface area contributed by atoms with Gasteiger partial charge in [-0.25, -0.2) is 8.42 Å². The number of nitrogens with one attached hydrogen (secondary N) is 1. The van der Waals surface area contributed by atoms with Crippen LogP contribution in [-0.2, 0) is 26.2 Å². The van der Waals surface area contributed by atoms with Crippen molar-refractivity contribution < 1.29 is 18.0 Å². The van der Waals surface area contributed by atoms with Crippen LogP contribution in [0, 0.1) is 6.92 Å². The summed E-state index contributed by atoms with van der Waals surface area (Å²) in [6, 6.07) is 19.0. The summed E-state index contributed by atoms with van der Waals surface area (Å²) < 4.78 is 28.9. The molecule has 0 heterocycles. The molecule has 0 radical (unpaired) electrons. The molecule has 1 N–H and O–H groups in total. The number of sulfonamides is 1. The number of hydrogen-bond donors (Lipinski definition) is 1. The van der Waals surface area contributed by atoms with Crippen molar-refractivity contribution in [3.8, 4) is 0 Å². The van der Waals surface area contributed by atoms with E-state index in [0.29, 0.717) is 33.3 Å². The molecule has 40 heavy (non-hydrogen) atoms. The van der Waals surface area contributed by atoms with Crippen molar-refractivity contribution in [3.05, 3.63) is 94.0 Å². The van der Waals surface area contributed by atoms with Crippen molar-refractivity contribution in [1.82, 2.24) is 10.2 Å². The highest BCUT2D eigenvalue weighted by molar-refractivity contribution is 7.92. The Morgan fingerprint density at radius 2 is 1.55 bits per heavy atom. The Labute approximate surface area is 247 Å². The van der Waals surface area contributed by atoms with Crippen molar-refractivity contribution >= 4 is 50.7 Å². The van der Waals surface area contributed by atoms with Crippen LogP contribution in [-0.4, -0.2) is 43.8 Å². The Bertz CT molecular complexity index is 1430. The fraction of sp³-hybridized carbons (Fsp3) is 0.333. The second-order valence-electron chi connectivity index (χ2n) is 9.62. The van der Waals surface area contributed by atoms with Crippen molar-refractivity contribution in [3.63, 3.8) is 0 Å². The van der Waals surface area contributed by atoms with Gasteiger partial charge in [-0.05, 0) is 68.1 Å². The van der Waals surface area contributed by atoms with Crippen LogP contribution in [0.25, 0.3) is 0 Å². The number of anilines is 1. The van der Waals surface area contributed by atoms with Gasteiger partial charge in [-0.15, -0.1) is 0 Å². The topological polar surface area (TPSA) is 86.8 Å². The molecule has 0 bridgehead atoms. The van der Waals surface area contributed by atoms with Gasteiger partial charge in [0, 0.05) is 12.6 Å². The predicted molar refractivity (Wildman–Crippen MR) is 161 cm³/mol. The zero-order valence-electron chi connectivity index (χ0n) is 23.1.